The molecule has 0 unspecified atom stereocenters. The summed E-state index contributed by atoms with van der Waals surface area (Å²) in [4.78, 5) is 0.343. The van der Waals surface area contributed by atoms with E-state index in [4.69, 9.17) is 23.2 Å². The van der Waals surface area contributed by atoms with Crippen molar-refractivity contribution in [2.24, 2.45) is 0 Å². The summed E-state index contributed by atoms with van der Waals surface area (Å²) in [7, 11) is -3.29. The molecule has 1 aromatic carbocycles. The van der Waals surface area contributed by atoms with Crippen molar-refractivity contribution in [1.82, 2.24) is 0 Å². The SMILES string of the molecule is O=S(=O)(c1ccccc1)C(CCCl)CCCl. The van der Waals surface area contributed by atoms with Gasteiger partial charge in [-0.3, -0.25) is 0 Å². The van der Waals surface area contributed by atoms with Crippen molar-refractivity contribution in [1.29, 1.82) is 0 Å². The van der Waals surface area contributed by atoms with Gasteiger partial charge in [0.2, 0.25) is 0 Å². The Balaban J connectivity index is 2.98. The Morgan fingerprint density at radius 3 is 1.94 bits per heavy atom. The molecule has 0 aromatic heterocycles. The minimum atomic E-state index is -3.29. The summed E-state index contributed by atoms with van der Waals surface area (Å²) in [6.07, 6.45) is 0.872. The zero-order valence-corrected chi connectivity index (χ0v) is 11.1. The van der Waals surface area contributed by atoms with E-state index in [1.54, 1.807) is 30.3 Å². The number of halogens is 2. The van der Waals surface area contributed by atoms with Gasteiger partial charge in [0.1, 0.15) is 0 Å². The van der Waals surface area contributed by atoms with Crippen molar-refractivity contribution in [3.8, 4) is 0 Å². The lowest BCUT2D eigenvalue weighted by atomic mass is 10.3. The zero-order chi connectivity index (χ0) is 12.0. The summed E-state index contributed by atoms with van der Waals surface area (Å²) < 4.78 is 24.4. The molecule has 0 saturated carbocycles. The van der Waals surface area contributed by atoms with Gasteiger partial charge in [0.15, 0.2) is 9.84 Å². The molecule has 5 heteroatoms. The first kappa shape index (κ1) is 13.8. The summed E-state index contributed by atoms with van der Waals surface area (Å²) in [6, 6.07) is 8.42. The number of benzene rings is 1. The van der Waals surface area contributed by atoms with Crippen LogP contribution in [0.25, 0.3) is 0 Å². The maximum Gasteiger partial charge on any atom is 0.181 e. The van der Waals surface area contributed by atoms with Gasteiger partial charge in [0.05, 0.1) is 10.1 Å². The molecule has 0 aliphatic heterocycles. The molecule has 0 aliphatic carbocycles. The summed E-state index contributed by atoms with van der Waals surface area (Å²) in [5.41, 5.74) is 0. The molecule has 0 spiro atoms. The monoisotopic (exact) mass is 280 g/mol. The van der Waals surface area contributed by atoms with Crippen molar-refractivity contribution in [3.63, 3.8) is 0 Å². The lowest BCUT2D eigenvalue weighted by molar-refractivity contribution is 0.572. The second-order valence-electron chi connectivity index (χ2n) is 3.44. The molecule has 90 valence electrons. The third-order valence-corrected chi connectivity index (χ3v) is 5.09. The van der Waals surface area contributed by atoms with Gasteiger partial charge >= 0.3 is 0 Å². The number of rotatable bonds is 6. The van der Waals surface area contributed by atoms with Gasteiger partial charge in [0, 0.05) is 11.8 Å². The van der Waals surface area contributed by atoms with Gasteiger partial charge in [-0.05, 0) is 25.0 Å². The van der Waals surface area contributed by atoms with E-state index in [0.29, 0.717) is 29.5 Å². The second kappa shape index (κ2) is 6.48. The topological polar surface area (TPSA) is 34.1 Å². The maximum atomic E-state index is 12.2. The van der Waals surface area contributed by atoms with Crippen molar-refractivity contribution >= 4 is 33.0 Å². The normalized spacial score (nSPS) is 11.9. The highest BCUT2D eigenvalue weighted by atomic mass is 35.5. The molecule has 0 saturated heterocycles. The Labute approximate surface area is 106 Å². The molecule has 0 aliphatic rings. The van der Waals surface area contributed by atoms with Gasteiger partial charge in [-0.1, -0.05) is 18.2 Å². The second-order valence-corrected chi connectivity index (χ2v) is 6.42. The van der Waals surface area contributed by atoms with Crippen molar-refractivity contribution in [3.05, 3.63) is 30.3 Å². The van der Waals surface area contributed by atoms with Crippen LogP contribution in [0.3, 0.4) is 0 Å². The average molecular weight is 281 g/mol. The number of hydrogen-bond acceptors (Lipinski definition) is 2. The standard InChI is InChI=1S/C11H14Cl2O2S/c12-8-6-11(7-9-13)16(14,15)10-4-2-1-3-5-10/h1-5,11H,6-9H2. The van der Waals surface area contributed by atoms with E-state index in [0.717, 1.165) is 0 Å². The van der Waals surface area contributed by atoms with E-state index in [1.807, 2.05) is 0 Å². The minimum Gasteiger partial charge on any atom is -0.223 e. The van der Waals surface area contributed by atoms with Crippen molar-refractivity contribution in [2.75, 3.05) is 11.8 Å². The Kier molecular flexibility index (Phi) is 5.59. The smallest absolute Gasteiger partial charge is 0.181 e. The Morgan fingerprint density at radius 1 is 1.00 bits per heavy atom. The van der Waals surface area contributed by atoms with Crippen LogP contribution in [-0.4, -0.2) is 25.4 Å². The molecular formula is C11H14Cl2O2S. The predicted molar refractivity (Wildman–Crippen MR) is 68.1 cm³/mol. The van der Waals surface area contributed by atoms with E-state index >= 15 is 0 Å². The first-order chi connectivity index (χ1) is 7.62. The fourth-order valence-corrected chi connectivity index (χ4v) is 4.06. The van der Waals surface area contributed by atoms with Gasteiger partial charge in [-0.15, -0.1) is 23.2 Å². The lowest BCUT2D eigenvalue weighted by Gasteiger charge is -2.15. The largest absolute Gasteiger partial charge is 0.223 e. The van der Waals surface area contributed by atoms with Crippen LogP contribution in [0.4, 0.5) is 0 Å². The molecule has 1 aromatic rings. The molecule has 0 amide bonds. The van der Waals surface area contributed by atoms with Crippen LogP contribution in [-0.2, 0) is 9.84 Å². The first-order valence-electron chi connectivity index (χ1n) is 5.03. The summed E-state index contributed by atoms with van der Waals surface area (Å²) in [5.74, 6) is 0.654. The molecule has 0 bridgehead atoms. The molecule has 0 atom stereocenters. The van der Waals surface area contributed by atoms with Gasteiger partial charge in [-0.25, -0.2) is 8.42 Å². The highest BCUT2D eigenvalue weighted by Gasteiger charge is 2.25. The zero-order valence-electron chi connectivity index (χ0n) is 8.77. The van der Waals surface area contributed by atoms with Gasteiger partial charge in [0.25, 0.3) is 0 Å². The molecule has 0 heterocycles. The van der Waals surface area contributed by atoms with E-state index in [1.165, 1.54) is 0 Å². The summed E-state index contributed by atoms with van der Waals surface area (Å²) in [5, 5.41) is -0.482. The number of sulfone groups is 1. The summed E-state index contributed by atoms with van der Waals surface area (Å²) >= 11 is 11.2. The van der Waals surface area contributed by atoms with Gasteiger partial charge in [-0.2, -0.15) is 0 Å². The molecule has 1 rings (SSSR count). The third-order valence-electron chi connectivity index (χ3n) is 2.37. The molecule has 0 radical (unpaired) electrons. The number of alkyl halides is 2. The van der Waals surface area contributed by atoms with E-state index < -0.39 is 15.1 Å². The van der Waals surface area contributed by atoms with Crippen molar-refractivity contribution < 1.29 is 8.42 Å². The highest BCUT2D eigenvalue weighted by Crippen LogP contribution is 2.21. The first-order valence-corrected chi connectivity index (χ1v) is 7.65. The maximum absolute atomic E-state index is 12.2. The fraction of sp³-hybridized carbons (Fsp3) is 0.455. The van der Waals surface area contributed by atoms with Crippen molar-refractivity contribution in [2.45, 2.75) is 23.0 Å². The van der Waals surface area contributed by atoms with E-state index in [9.17, 15) is 8.42 Å². The Bertz CT molecular complexity index is 397. The average Bonchev–Trinajstić information content (AvgIpc) is 2.30. The van der Waals surface area contributed by atoms with Crippen LogP contribution in [0.1, 0.15) is 12.8 Å². The van der Waals surface area contributed by atoms with Crippen LogP contribution in [0, 0.1) is 0 Å². The fourth-order valence-electron chi connectivity index (χ4n) is 1.50. The van der Waals surface area contributed by atoms with Crippen LogP contribution < -0.4 is 0 Å². The van der Waals surface area contributed by atoms with Crippen LogP contribution in [0.2, 0.25) is 0 Å². The molecular weight excluding hydrogens is 267 g/mol. The van der Waals surface area contributed by atoms with Crippen LogP contribution in [0.5, 0.6) is 0 Å². The van der Waals surface area contributed by atoms with Crippen LogP contribution in [0.15, 0.2) is 35.2 Å². The quantitative estimate of drug-likeness (QED) is 0.751. The summed E-state index contributed by atoms with van der Waals surface area (Å²) in [6.45, 7) is 0. The lowest BCUT2D eigenvalue weighted by Crippen LogP contribution is -2.22. The van der Waals surface area contributed by atoms with E-state index in [-0.39, 0.29) is 0 Å². The van der Waals surface area contributed by atoms with Crippen LogP contribution >= 0.6 is 23.2 Å². The molecule has 0 fully saturated rings. The Morgan fingerprint density at radius 2 is 1.50 bits per heavy atom. The molecule has 2 nitrogen and oxygen atoms in total. The third kappa shape index (κ3) is 3.37. The van der Waals surface area contributed by atoms with E-state index in [2.05, 4.69) is 0 Å². The Hall–Kier alpha value is -0.250. The predicted octanol–water partition coefficient (Wildman–Crippen LogP) is 3.09. The molecule has 0 N–H and O–H groups in total. The van der Waals surface area contributed by atoms with Gasteiger partial charge < -0.3 is 0 Å². The number of hydrogen-bond donors (Lipinski definition) is 0. The highest BCUT2D eigenvalue weighted by molar-refractivity contribution is 7.92. The molecule has 16 heavy (non-hydrogen) atoms. The minimum absolute atomic E-state index is 0.327.